The van der Waals surface area contributed by atoms with E-state index in [1.54, 1.807) is 24.3 Å². The lowest BCUT2D eigenvalue weighted by atomic mass is 10.1. The molecule has 1 aromatic rings. The predicted molar refractivity (Wildman–Crippen MR) is 80.0 cm³/mol. The van der Waals surface area contributed by atoms with Crippen LogP contribution in [0.3, 0.4) is 0 Å². The molecule has 2 atom stereocenters. The lowest BCUT2D eigenvalue weighted by Crippen LogP contribution is -2.34. The Morgan fingerprint density at radius 2 is 2.32 bits per heavy atom. The summed E-state index contributed by atoms with van der Waals surface area (Å²) >= 11 is 9.48. The Hall–Kier alpha value is -0.740. The maximum absolute atomic E-state index is 11.7. The third-order valence-electron chi connectivity index (χ3n) is 3.29. The molecular formula is C14H17BrClNO2. The molecule has 2 rings (SSSR count). The van der Waals surface area contributed by atoms with Crippen LogP contribution in [0.2, 0.25) is 5.02 Å². The molecule has 1 saturated carbocycles. The lowest BCUT2D eigenvalue weighted by Gasteiger charge is -2.14. The Morgan fingerprint density at radius 1 is 1.47 bits per heavy atom. The fourth-order valence-electron chi connectivity index (χ4n) is 2.22. The largest absolute Gasteiger partial charge is 0.484 e. The fraction of sp³-hybridized carbons (Fsp3) is 0.500. The quantitative estimate of drug-likeness (QED) is 0.830. The highest BCUT2D eigenvalue weighted by Crippen LogP contribution is 2.30. The van der Waals surface area contributed by atoms with Gasteiger partial charge >= 0.3 is 0 Å². The van der Waals surface area contributed by atoms with Gasteiger partial charge in [0.2, 0.25) is 0 Å². The normalized spacial score (nSPS) is 22.2. The van der Waals surface area contributed by atoms with Crippen LogP contribution in [0.1, 0.15) is 19.3 Å². The molecule has 1 aromatic carbocycles. The van der Waals surface area contributed by atoms with Crippen molar-refractivity contribution in [2.75, 3.05) is 13.2 Å². The van der Waals surface area contributed by atoms with E-state index >= 15 is 0 Å². The molecular weight excluding hydrogens is 330 g/mol. The highest BCUT2D eigenvalue weighted by molar-refractivity contribution is 9.09. The smallest absolute Gasteiger partial charge is 0.257 e. The Kier molecular flexibility index (Phi) is 5.52. The summed E-state index contributed by atoms with van der Waals surface area (Å²) in [6.45, 7) is 0.744. The van der Waals surface area contributed by atoms with Gasteiger partial charge in [-0.3, -0.25) is 4.79 Å². The third kappa shape index (κ3) is 4.69. The molecule has 0 aliphatic heterocycles. The van der Waals surface area contributed by atoms with Crippen molar-refractivity contribution in [2.45, 2.75) is 24.1 Å². The van der Waals surface area contributed by atoms with Crippen molar-refractivity contribution in [1.29, 1.82) is 0 Å². The number of carbonyl (C=O) groups excluding carboxylic acids is 1. The van der Waals surface area contributed by atoms with Gasteiger partial charge in [-0.1, -0.05) is 40.0 Å². The number of rotatable bonds is 5. The summed E-state index contributed by atoms with van der Waals surface area (Å²) in [4.78, 5) is 12.2. The highest BCUT2D eigenvalue weighted by atomic mass is 79.9. The van der Waals surface area contributed by atoms with Crippen LogP contribution in [-0.2, 0) is 4.79 Å². The number of hydrogen-bond donors (Lipinski definition) is 1. The summed E-state index contributed by atoms with van der Waals surface area (Å²) in [6, 6.07) is 7.04. The van der Waals surface area contributed by atoms with Crippen LogP contribution in [0.4, 0.5) is 0 Å². The van der Waals surface area contributed by atoms with Crippen LogP contribution < -0.4 is 10.1 Å². The van der Waals surface area contributed by atoms with Crippen molar-refractivity contribution in [3.8, 4) is 5.75 Å². The molecule has 0 heterocycles. The van der Waals surface area contributed by atoms with Crippen molar-refractivity contribution in [3.63, 3.8) is 0 Å². The molecule has 0 aromatic heterocycles. The molecule has 5 heteroatoms. The maximum atomic E-state index is 11.7. The molecule has 0 bridgehead atoms. The molecule has 2 unspecified atom stereocenters. The minimum absolute atomic E-state index is 0.0278. The van der Waals surface area contributed by atoms with E-state index in [2.05, 4.69) is 21.2 Å². The summed E-state index contributed by atoms with van der Waals surface area (Å²) < 4.78 is 5.38. The number of alkyl halides is 1. The van der Waals surface area contributed by atoms with E-state index in [-0.39, 0.29) is 12.5 Å². The standard InChI is InChI=1S/C14H17BrClNO2/c15-13-6-1-3-10(13)8-17-14(18)9-19-12-5-2-4-11(16)7-12/h2,4-5,7,10,13H,1,3,6,8-9H2,(H,17,18). The first-order chi connectivity index (χ1) is 9.15. The van der Waals surface area contributed by atoms with E-state index in [0.717, 1.165) is 0 Å². The topological polar surface area (TPSA) is 38.3 Å². The molecule has 19 heavy (non-hydrogen) atoms. The Labute approximate surface area is 126 Å². The number of hydrogen-bond acceptors (Lipinski definition) is 2. The first-order valence-electron chi connectivity index (χ1n) is 6.44. The Balaban J connectivity index is 1.70. The summed E-state index contributed by atoms with van der Waals surface area (Å²) in [5.74, 6) is 1.06. The minimum Gasteiger partial charge on any atom is -0.484 e. The number of amides is 1. The predicted octanol–water partition coefficient (Wildman–Crippen LogP) is 3.40. The SMILES string of the molecule is O=C(COc1cccc(Cl)c1)NCC1CCCC1Br. The molecule has 1 aliphatic carbocycles. The second-order valence-corrected chi connectivity index (χ2v) is 6.37. The van der Waals surface area contributed by atoms with Gasteiger partial charge in [-0.15, -0.1) is 0 Å². The Morgan fingerprint density at radius 3 is 3.00 bits per heavy atom. The molecule has 0 radical (unpaired) electrons. The van der Waals surface area contributed by atoms with E-state index in [0.29, 0.717) is 28.1 Å². The van der Waals surface area contributed by atoms with E-state index in [1.165, 1.54) is 19.3 Å². The van der Waals surface area contributed by atoms with Crippen LogP contribution in [0.25, 0.3) is 0 Å². The van der Waals surface area contributed by atoms with E-state index in [4.69, 9.17) is 16.3 Å². The van der Waals surface area contributed by atoms with Crippen LogP contribution in [0.15, 0.2) is 24.3 Å². The van der Waals surface area contributed by atoms with Crippen LogP contribution in [0, 0.1) is 5.92 Å². The molecule has 1 aliphatic rings. The fourth-order valence-corrected chi connectivity index (χ4v) is 3.18. The van der Waals surface area contributed by atoms with Crippen molar-refractivity contribution < 1.29 is 9.53 Å². The zero-order valence-electron chi connectivity index (χ0n) is 10.6. The molecule has 1 N–H and O–H groups in total. The monoisotopic (exact) mass is 345 g/mol. The van der Waals surface area contributed by atoms with Gasteiger partial charge in [-0.25, -0.2) is 0 Å². The summed E-state index contributed by atoms with van der Waals surface area (Å²) in [5, 5.41) is 3.52. The molecule has 104 valence electrons. The average Bonchev–Trinajstić information content (AvgIpc) is 2.80. The first kappa shape index (κ1) is 14.7. The third-order valence-corrected chi connectivity index (χ3v) is 4.73. The summed E-state index contributed by atoms with van der Waals surface area (Å²) in [6.07, 6.45) is 3.60. The van der Waals surface area contributed by atoms with Gasteiger partial charge in [0, 0.05) is 16.4 Å². The van der Waals surface area contributed by atoms with Crippen molar-refractivity contribution in [2.24, 2.45) is 5.92 Å². The van der Waals surface area contributed by atoms with Gasteiger partial charge < -0.3 is 10.1 Å². The van der Waals surface area contributed by atoms with Crippen LogP contribution in [0.5, 0.6) is 5.75 Å². The molecule has 1 amide bonds. The number of nitrogens with one attached hydrogen (secondary N) is 1. The molecule has 3 nitrogen and oxygen atoms in total. The van der Waals surface area contributed by atoms with Crippen LogP contribution in [-0.4, -0.2) is 23.9 Å². The number of benzene rings is 1. The number of ether oxygens (including phenoxy) is 1. The van der Waals surface area contributed by atoms with Crippen LogP contribution >= 0.6 is 27.5 Å². The summed E-state index contributed by atoms with van der Waals surface area (Å²) in [5.41, 5.74) is 0. The summed E-state index contributed by atoms with van der Waals surface area (Å²) in [7, 11) is 0. The maximum Gasteiger partial charge on any atom is 0.257 e. The highest BCUT2D eigenvalue weighted by Gasteiger charge is 2.24. The second-order valence-electron chi connectivity index (χ2n) is 4.76. The number of halogens is 2. The van der Waals surface area contributed by atoms with E-state index < -0.39 is 0 Å². The van der Waals surface area contributed by atoms with Gasteiger partial charge in [0.25, 0.3) is 5.91 Å². The first-order valence-corrected chi connectivity index (χ1v) is 7.73. The van der Waals surface area contributed by atoms with Gasteiger partial charge in [-0.05, 0) is 37.0 Å². The molecule has 0 saturated heterocycles. The number of carbonyl (C=O) groups is 1. The zero-order valence-corrected chi connectivity index (χ0v) is 12.9. The molecule has 0 spiro atoms. The second kappa shape index (κ2) is 7.15. The minimum atomic E-state index is -0.0911. The van der Waals surface area contributed by atoms with Crippen molar-refractivity contribution >= 4 is 33.4 Å². The Bertz CT molecular complexity index is 441. The lowest BCUT2D eigenvalue weighted by molar-refractivity contribution is -0.123. The van der Waals surface area contributed by atoms with Gasteiger partial charge in [-0.2, -0.15) is 0 Å². The van der Waals surface area contributed by atoms with Gasteiger partial charge in [0.1, 0.15) is 5.75 Å². The van der Waals surface area contributed by atoms with Crippen molar-refractivity contribution in [1.82, 2.24) is 5.32 Å². The van der Waals surface area contributed by atoms with Gasteiger partial charge in [0.15, 0.2) is 6.61 Å². The average molecular weight is 347 g/mol. The van der Waals surface area contributed by atoms with Crippen molar-refractivity contribution in [3.05, 3.63) is 29.3 Å². The zero-order chi connectivity index (χ0) is 13.7. The van der Waals surface area contributed by atoms with E-state index in [1.807, 2.05) is 0 Å². The molecule has 1 fully saturated rings. The van der Waals surface area contributed by atoms with Gasteiger partial charge in [0.05, 0.1) is 0 Å². The van der Waals surface area contributed by atoms with E-state index in [9.17, 15) is 4.79 Å².